The predicted molar refractivity (Wildman–Crippen MR) is 52.1 cm³/mol. The molecule has 1 atom stereocenters. The molecule has 0 saturated heterocycles. The van der Waals surface area contributed by atoms with Crippen molar-refractivity contribution in [3.05, 3.63) is 23.8 Å². The van der Waals surface area contributed by atoms with E-state index < -0.39 is 6.04 Å². The second-order valence-corrected chi connectivity index (χ2v) is 2.71. The van der Waals surface area contributed by atoms with E-state index in [4.69, 9.17) is 20.5 Å². The molecule has 1 aromatic rings. The molecular formula is C10H12N2O2. The Balaban J connectivity index is 3.12. The van der Waals surface area contributed by atoms with E-state index in [2.05, 4.69) is 0 Å². The molecule has 0 heterocycles. The predicted octanol–water partition coefficient (Wildman–Crippen LogP) is 1.23. The zero-order chi connectivity index (χ0) is 10.6. The van der Waals surface area contributed by atoms with Crippen molar-refractivity contribution in [2.75, 3.05) is 14.2 Å². The lowest BCUT2D eigenvalue weighted by molar-refractivity contribution is 0.390. The lowest BCUT2D eigenvalue weighted by Gasteiger charge is -2.11. The maximum atomic E-state index is 8.67. The number of nitriles is 1. The molecule has 4 nitrogen and oxygen atoms in total. The fraction of sp³-hybridized carbons (Fsp3) is 0.300. The first-order valence-corrected chi connectivity index (χ1v) is 4.10. The van der Waals surface area contributed by atoms with Crippen LogP contribution in [0.3, 0.4) is 0 Å². The highest BCUT2D eigenvalue weighted by Crippen LogP contribution is 2.27. The van der Waals surface area contributed by atoms with Crippen LogP contribution in [0.25, 0.3) is 0 Å². The Kier molecular flexibility index (Phi) is 3.32. The minimum absolute atomic E-state index is 0.568. The van der Waals surface area contributed by atoms with Crippen molar-refractivity contribution in [2.24, 2.45) is 5.73 Å². The SMILES string of the molecule is COc1ccc(C(N)C#N)c(OC)c1. The molecular weight excluding hydrogens is 180 g/mol. The molecule has 14 heavy (non-hydrogen) atoms. The van der Waals surface area contributed by atoms with Gasteiger partial charge in [-0.3, -0.25) is 0 Å². The molecule has 74 valence electrons. The van der Waals surface area contributed by atoms with Gasteiger partial charge in [0.2, 0.25) is 0 Å². The standard InChI is InChI=1S/C10H12N2O2/c1-13-7-3-4-8(9(12)6-11)10(5-7)14-2/h3-5,9H,12H2,1-2H3. The number of nitrogens with two attached hydrogens (primary N) is 1. The number of rotatable bonds is 3. The highest BCUT2D eigenvalue weighted by Gasteiger charge is 2.11. The molecule has 2 N–H and O–H groups in total. The fourth-order valence-electron chi connectivity index (χ4n) is 1.14. The topological polar surface area (TPSA) is 68.3 Å². The molecule has 0 fully saturated rings. The highest BCUT2D eigenvalue weighted by atomic mass is 16.5. The summed E-state index contributed by atoms with van der Waals surface area (Å²) in [6.07, 6.45) is 0. The number of nitrogens with zero attached hydrogens (tertiary/aromatic N) is 1. The third kappa shape index (κ3) is 1.95. The van der Waals surface area contributed by atoms with Gasteiger partial charge in [-0.25, -0.2) is 0 Å². The lowest BCUT2D eigenvalue weighted by Crippen LogP contribution is -2.08. The van der Waals surface area contributed by atoms with Gasteiger partial charge in [0, 0.05) is 11.6 Å². The third-order valence-electron chi connectivity index (χ3n) is 1.91. The largest absolute Gasteiger partial charge is 0.497 e. The fourth-order valence-corrected chi connectivity index (χ4v) is 1.14. The lowest BCUT2D eigenvalue weighted by atomic mass is 10.1. The van der Waals surface area contributed by atoms with Crippen LogP contribution in [-0.4, -0.2) is 14.2 Å². The van der Waals surface area contributed by atoms with Crippen molar-refractivity contribution in [3.63, 3.8) is 0 Å². The second kappa shape index (κ2) is 4.49. The summed E-state index contributed by atoms with van der Waals surface area (Å²) in [5.74, 6) is 1.24. The molecule has 0 aliphatic heterocycles. The van der Waals surface area contributed by atoms with Gasteiger partial charge in [-0.05, 0) is 12.1 Å². The van der Waals surface area contributed by atoms with Gasteiger partial charge >= 0.3 is 0 Å². The van der Waals surface area contributed by atoms with Crippen LogP contribution in [0.15, 0.2) is 18.2 Å². The molecule has 0 radical (unpaired) electrons. The molecule has 1 aromatic carbocycles. The summed E-state index contributed by atoms with van der Waals surface area (Å²) in [6.45, 7) is 0. The van der Waals surface area contributed by atoms with Gasteiger partial charge in [-0.1, -0.05) is 0 Å². The average molecular weight is 192 g/mol. The number of hydrogen-bond donors (Lipinski definition) is 1. The van der Waals surface area contributed by atoms with Gasteiger partial charge in [0.15, 0.2) is 0 Å². The van der Waals surface area contributed by atoms with E-state index in [0.29, 0.717) is 17.1 Å². The molecule has 0 aliphatic carbocycles. The Hall–Kier alpha value is -1.73. The van der Waals surface area contributed by atoms with Crippen molar-refractivity contribution in [1.29, 1.82) is 5.26 Å². The zero-order valence-electron chi connectivity index (χ0n) is 8.15. The number of methoxy groups -OCH3 is 2. The second-order valence-electron chi connectivity index (χ2n) is 2.71. The summed E-state index contributed by atoms with van der Waals surface area (Å²) in [5, 5.41) is 8.67. The molecule has 1 rings (SSSR count). The first kappa shape index (κ1) is 10.4. The molecule has 0 aliphatic rings. The summed E-state index contributed by atoms with van der Waals surface area (Å²) >= 11 is 0. The molecule has 0 amide bonds. The average Bonchev–Trinajstić information content (AvgIpc) is 2.27. The molecule has 4 heteroatoms. The van der Waals surface area contributed by atoms with Crippen LogP contribution in [0.1, 0.15) is 11.6 Å². The Morgan fingerprint density at radius 1 is 1.36 bits per heavy atom. The highest BCUT2D eigenvalue weighted by molar-refractivity contribution is 5.44. The van der Waals surface area contributed by atoms with Crippen LogP contribution in [-0.2, 0) is 0 Å². The zero-order valence-corrected chi connectivity index (χ0v) is 8.15. The van der Waals surface area contributed by atoms with Gasteiger partial charge in [0.05, 0.1) is 20.3 Å². The van der Waals surface area contributed by atoms with Gasteiger partial charge in [-0.15, -0.1) is 0 Å². The van der Waals surface area contributed by atoms with E-state index in [1.54, 1.807) is 25.3 Å². The van der Waals surface area contributed by atoms with E-state index in [1.807, 2.05) is 6.07 Å². The molecule has 0 bridgehead atoms. The summed E-state index contributed by atoms with van der Waals surface area (Å²) in [6, 6.07) is 6.45. The first-order valence-electron chi connectivity index (χ1n) is 4.10. The van der Waals surface area contributed by atoms with Crippen molar-refractivity contribution in [3.8, 4) is 17.6 Å². The Morgan fingerprint density at radius 2 is 2.07 bits per heavy atom. The Bertz CT molecular complexity index is 358. The molecule has 0 spiro atoms. The number of hydrogen-bond acceptors (Lipinski definition) is 4. The van der Waals surface area contributed by atoms with E-state index >= 15 is 0 Å². The Labute approximate surface area is 82.9 Å². The Morgan fingerprint density at radius 3 is 2.57 bits per heavy atom. The van der Waals surface area contributed by atoms with Crippen molar-refractivity contribution >= 4 is 0 Å². The van der Waals surface area contributed by atoms with Crippen molar-refractivity contribution < 1.29 is 9.47 Å². The minimum atomic E-state index is -0.671. The number of benzene rings is 1. The third-order valence-corrected chi connectivity index (χ3v) is 1.91. The van der Waals surface area contributed by atoms with Gasteiger partial charge < -0.3 is 15.2 Å². The molecule has 0 aromatic heterocycles. The number of ether oxygens (including phenoxy) is 2. The summed E-state index contributed by atoms with van der Waals surface area (Å²) in [5.41, 5.74) is 6.24. The van der Waals surface area contributed by atoms with E-state index in [1.165, 1.54) is 7.11 Å². The smallest absolute Gasteiger partial charge is 0.128 e. The van der Waals surface area contributed by atoms with Crippen LogP contribution in [0.2, 0.25) is 0 Å². The summed E-state index contributed by atoms with van der Waals surface area (Å²) < 4.78 is 10.1. The van der Waals surface area contributed by atoms with Gasteiger partial charge in [0.25, 0.3) is 0 Å². The van der Waals surface area contributed by atoms with Crippen LogP contribution >= 0.6 is 0 Å². The van der Waals surface area contributed by atoms with E-state index in [9.17, 15) is 0 Å². The van der Waals surface area contributed by atoms with E-state index in [-0.39, 0.29) is 0 Å². The summed E-state index contributed by atoms with van der Waals surface area (Å²) in [7, 11) is 3.10. The van der Waals surface area contributed by atoms with Crippen LogP contribution in [0.4, 0.5) is 0 Å². The van der Waals surface area contributed by atoms with Crippen LogP contribution < -0.4 is 15.2 Å². The monoisotopic (exact) mass is 192 g/mol. The molecule has 1 unspecified atom stereocenters. The van der Waals surface area contributed by atoms with Crippen LogP contribution in [0, 0.1) is 11.3 Å². The van der Waals surface area contributed by atoms with Gasteiger partial charge in [-0.2, -0.15) is 5.26 Å². The maximum Gasteiger partial charge on any atom is 0.128 e. The van der Waals surface area contributed by atoms with Crippen molar-refractivity contribution in [2.45, 2.75) is 6.04 Å². The van der Waals surface area contributed by atoms with Crippen molar-refractivity contribution in [1.82, 2.24) is 0 Å². The first-order chi connectivity index (χ1) is 6.72. The molecule has 0 saturated carbocycles. The maximum absolute atomic E-state index is 8.67. The minimum Gasteiger partial charge on any atom is -0.497 e. The van der Waals surface area contributed by atoms with E-state index in [0.717, 1.165) is 0 Å². The van der Waals surface area contributed by atoms with Crippen LogP contribution in [0.5, 0.6) is 11.5 Å². The van der Waals surface area contributed by atoms with Gasteiger partial charge in [0.1, 0.15) is 17.5 Å². The normalized spacial score (nSPS) is 11.6. The summed E-state index contributed by atoms with van der Waals surface area (Å²) in [4.78, 5) is 0. The quantitative estimate of drug-likeness (QED) is 0.782.